The van der Waals surface area contributed by atoms with Gasteiger partial charge in [-0.25, -0.2) is 0 Å². The summed E-state index contributed by atoms with van der Waals surface area (Å²) in [6.07, 6.45) is 4.50. The van der Waals surface area contributed by atoms with E-state index in [1.165, 1.54) is 5.56 Å². The second-order valence-corrected chi connectivity index (χ2v) is 5.80. The summed E-state index contributed by atoms with van der Waals surface area (Å²) in [7, 11) is 0. The highest BCUT2D eigenvalue weighted by atomic mass is 15.3. The third-order valence-electron chi connectivity index (χ3n) is 4.37. The van der Waals surface area contributed by atoms with Crippen molar-refractivity contribution in [1.82, 2.24) is 0 Å². The van der Waals surface area contributed by atoms with Crippen molar-refractivity contribution in [3.05, 3.63) is 77.9 Å². The second kappa shape index (κ2) is 8.98. The number of hydrogen-bond acceptors (Lipinski definition) is 0. The summed E-state index contributed by atoms with van der Waals surface area (Å²) in [6, 6.07) is 20.7. The van der Waals surface area contributed by atoms with E-state index in [-0.39, 0.29) is 0 Å². The fourth-order valence-corrected chi connectivity index (χ4v) is 2.58. The Hall–Kier alpha value is -2.30. The highest BCUT2D eigenvalue weighted by Crippen LogP contribution is 2.08. The highest BCUT2D eigenvalue weighted by Gasteiger charge is 2.19. The summed E-state index contributed by atoms with van der Waals surface area (Å²) in [5, 5.41) is 0. The molecule has 0 amide bonds. The second-order valence-electron chi connectivity index (χ2n) is 5.80. The first-order valence-electron chi connectivity index (χ1n) is 8.38. The van der Waals surface area contributed by atoms with Crippen molar-refractivity contribution in [3.63, 3.8) is 0 Å². The van der Waals surface area contributed by atoms with Crippen LogP contribution >= 0.6 is 0 Å². The van der Waals surface area contributed by atoms with Gasteiger partial charge in [-0.3, -0.25) is 0 Å². The van der Waals surface area contributed by atoms with Crippen molar-refractivity contribution in [2.75, 3.05) is 26.2 Å². The van der Waals surface area contributed by atoms with Crippen LogP contribution in [0.4, 0.5) is 0 Å². The summed E-state index contributed by atoms with van der Waals surface area (Å²) in [5.74, 6) is 6.67. The van der Waals surface area contributed by atoms with Gasteiger partial charge in [-0.15, -0.1) is 0 Å². The van der Waals surface area contributed by atoms with Gasteiger partial charge in [-0.1, -0.05) is 60.5 Å². The highest BCUT2D eigenvalue weighted by molar-refractivity contribution is 5.48. The first-order valence-corrected chi connectivity index (χ1v) is 8.38. The van der Waals surface area contributed by atoms with Crippen molar-refractivity contribution in [3.8, 4) is 11.8 Å². The number of nitrogens with zero attached hydrogens (tertiary/aromatic N) is 1. The van der Waals surface area contributed by atoms with Gasteiger partial charge in [0.05, 0.1) is 19.6 Å². The number of hydrogen-bond donors (Lipinski definition) is 0. The van der Waals surface area contributed by atoms with E-state index in [0.29, 0.717) is 0 Å². The zero-order valence-electron chi connectivity index (χ0n) is 14.2. The molecule has 0 saturated carbocycles. The smallest absolute Gasteiger partial charge is 0.141 e. The van der Waals surface area contributed by atoms with E-state index in [2.05, 4.69) is 80.3 Å². The largest absolute Gasteiger partial charge is 0.311 e. The van der Waals surface area contributed by atoms with Gasteiger partial charge in [0.1, 0.15) is 6.54 Å². The Morgan fingerprint density at radius 2 is 1.48 bits per heavy atom. The molecule has 118 valence electrons. The maximum Gasteiger partial charge on any atom is 0.141 e. The molecular weight excluding hydrogens is 278 g/mol. The van der Waals surface area contributed by atoms with Crippen LogP contribution in [0.5, 0.6) is 0 Å². The average molecular weight is 304 g/mol. The minimum Gasteiger partial charge on any atom is -0.311 e. The van der Waals surface area contributed by atoms with E-state index in [1.807, 2.05) is 18.2 Å². The van der Waals surface area contributed by atoms with Crippen molar-refractivity contribution < 1.29 is 4.48 Å². The van der Waals surface area contributed by atoms with Gasteiger partial charge in [-0.05, 0) is 43.5 Å². The minimum absolute atomic E-state index is 0.890. The van der Waals surface area contributed by atoms with E-state index in [9.17, 15) is 0 Å². The molecule has 0 bridgehead atoms. The van der Waals surface area contributed by atoms with Gasteiger partial charge >= 0.3 is 0 Å². The molecule has 23 heavy (non-hydrogen) atoms. The van der Waals surface area contributed by atoms with Crippen LogP contribution in [0.1, 0.15) is 25.0 Å². The van der Waals surface area contributed by atoms with Gasteiger partial charge in [-0.2, -0.15) is 0 Å². The fourth-order valence-electron chi connectivity index (χ4n) is 2.58. The van der Waals surface area contributed by atoms with Gasteiger partial charge < -0.3 is 4.48 Å². The van der Waals surface area contributed by atoms with Crippen LogP contribution in [0.25, 0.3) is 6.08 Å². The van der Waals surface area contributed by atoms with E-state index >= 15 is 0 Å². The molecule has 0 fully saturated rings. The summed E-state index contributed by atoms with van der Waals surface area (Å²) >= 11 is 0. The predicted octanol–water partition coefficient (Wildman–Crippen LogP) is 4.61. The number of likely N-dealkylation sites (N-methyl/N-ethyl adjacent to an activating group) is 1. The summed E-state index contributed by atoms with van der Waals surface area (Å²) in [5.41, 5.74) is 2.35. The van der Waals surface area contributed by atoms with Gasteiger partial charge in [0.25, 0.3) is 0 Å². The van der Waals surface area contributed by atoms with Gasteiger partial charge in [0, 0.05) is 5.56 Å². The molecule has 0 aromatic heterocycles. The minimum atomic E-state index is 0.890. The molecule has 2 rings (SSSR count). The van der Waals surface area contributed by atoms with Crippen LogP contribution in [0.3, 0.4) is 0 Å². The molecule has 2 aromatic rings. The van der Waals surface area contributed by atoms with Gasteiger partial charge in [0.2, 0.25) is 0 Å². The lowest BCUT2D eigenvalue weighted by molar-refractivity contribution is -0.912. The molecule has 0 unspecified atom stereocenters. The average Bonchev–Trinajstić information content (AvgIpc) is 2.62. The van der Waals surface area contributed by atoms with Gasteiger partial charge in [0.15, 0.2) is 0 Å². The molecule has 0 aliphatic carbocycles. The first-order chi connectivity index (χ1) is 11.3. The monoisotopic (exact) mass is 304 g/mol. The van der Waals surface area contributed by atoms with E-state index in [0.717, 1.165) is 36.2 Å². The topological polar surface area (TPSA) is 0 Å². The molecular formula is C22H26N+. The molecule has 1 heteroatoms. The van der Waals surface area contributed by atoms with Crippen LogP contribution < -0.4 is 0 Å². The number of quaternary nitrogens is 1. The molecule has 0 N–H and O–H groups in total. The molecule has 0 radical (unpaired) electrons. The molecule has 0 heterocycles. The lowest BCUT2D eigenvalue weighted by Crippen LogP contribution is -2.48. The third kappa shape index (κ3) is 5.43. The Morgan fingerprint density at radius 3 is 2.09 bits per heavy atom. The Bertz CT molecular complexity index is 655. The van der Waals surface area contributed by atoms with Crippen LogP contribution in [-0.2, 0) is 0 Å². The quantitative estimate of drug-likeness (QED) is 0.540. The Morgan fingerprint density at radius 1 is 0.870 bits per heavy atom. The van der Waals surface area contributed by atoms with Crippen molar-refractivity contribution in [2.45, 2.75) is 13.8 Å². The molecule has 0 spiro atoms. The zero-order chi connectivity index (χ0) is 16.4. The normalized spacial score (nSPS) is 11.2. The van der Waals surface area contributed by atoms with Crippen molar-refractivity contribution in [1.29, 1.82) is 0 Å². The lowest BCUT2D eigenvalue weighted by atomic mass is 10.2. The van der Waals surface area contributed by atoms with E-state index in [1.54, 1.807) is 0 Å². The lowest BCUT2D eigenvalue weighted by Gasteiger charge is -2.33. The predicted molar refractivity (Wildman–Crippen MR) is 99.9 cm³/mol. The number of rotatable bonds is 6. The van der Waals surface area contributed by atoms with E-state index < -0.39 is 0 Å². The number of benzene rings is 2. The molecule has 1 nitrogen and oxygen atoms in total. The summed E-state index contributed by atoms with van der Waals surface area (Å²) in [6.45, 7) is 8.61. The molecule has 0 aliphatic rings. The van der Waals surface area contributed by atoms with Crippen molar-refractivity contribution >= 4 is 6.08 Å². The van der Waals surface area contributed by atoms with E-state index in [4.69, 9.17) is 0 Å². The Kier molecular flexibility index (Phi) is 6.66. The first kappa shape index (κ1) is 17.1. The SMILES string of the molecule is CC[N+](CC)(CC#Cc1ccccc1)C/C=C/c1ccccc1. The summed E-state index contributed by atoms with van der Waals surface area (Å²) in [4.78, 5) is 0. The summed E-state index contributed by atoms with van der Waals surface area (Å²) < 4.78 is 1.00. The zero-order valence-corrected chi connectivity index (χ0v) is 14.2. The van der Waals surface area contributed by atoms with Crippen LogP contribution in [0, 0.1) is 11.8 Å². The van der Waals surface area contributed by atoms with Crippen molar-refractivity contribution in [2.24, 2.45) is 0 Å². The molecule has 2 aromatic carbocycles. The molecule has 0 atom stereocenters. The molecule has 0 aliphatic heterocycles. The molecule has 0 saturated heterocycles. The maximum absolute atomic E-state index is 3.38. The Labute approximate surface area is 140 Å². The Balaban J connectivity index is 2.01. The standard InChI is InChI=1S/C22H26N/c1-3-23(4-2,19-11-17-21-13-7-5-8-14-21)20-12-18-22-15-9-6-10-16-22/h5-11,13-17H,3-4,19-20H2,1-2H3/q+1/b17-11+. The van der Waals surface area contributed by atoms with Crippen LogP contribution in [0.2, 0.25) is 0 Å². The maximum atomic E-state index is 3.38. The third-order valence-corrected chi connectivity index (χ3v) is 4.37. The van der Waals surface area contributed by atoms with Crippen LogP contribution in [0.15, 0.2) is 66.7 Å². The fraction of sp³-hybridized carbons (Fsp3) is 0.273. The van der Waals surface area contributed by atoms with Crippen LogP contribution in [-0.4, -0.2) is 30.7 Å².